The summed E-state index contributed by atoms with van der Waals surface area (Å²) in [5, 5.41) is 22.9. The van der Waals surface area contributed by atoms with Gasteiger partial charge in [-0.1, -0.05) is 41.9 Å². The van der Waals surface area contributed by atoms with Crippen molar-refractivity contribution in [3.63, 3.8) is 0 Å². The summed E-state index contributed by atoms with van der Waals surface area (Å²) in [7, 11) is 0. The molecule has 1 saturated heterocycles. The quantitative estimate of drug-likeness (QED) is 0.0783. The van der Waals surface area contributed by atoms with E-state index in [9.17, 15) is 14.9 Å². The van der Waals surface area contributed by atoms with Crippen LogP contribution >= 0.6 is 11.6 Å². The number of nitrogens with zero attached hydrogens (tertiary/aromatic N) is 6. The second kappa shape index (κ2) is 15.2. The first kappa shape index (κ1) is 32.1. The van der Waals surface area contributed by atoms with Gasteiger partial charge in [-0.2, -0.15) is 5.10 Å². The molecule has 1 fully saturated rings. The standard InChI is InChI=1S/C33H30ClN9O5/c34-25-9-5-22(6-10-25)19-35-33(40-32(44)23-7-11-26(12-8-23)43(45)46)36-21-30-38-29(18-31(39-30)42-13-15-47-16-14-42)41-37-20-27-17-24-3-1-2-4-28(24)48-27/h1-12,17-18,20H,13-16,19,21H2,(H,38,39,41)(H2,35,36,40,44)/b37-20+. The number of rotatable bonds is 10. The maximum atomic E-state index is 13.1. The molecule has 0 spiro atoms. The van der Waals surface area contributed by atoms with Crippen molar-refractivity contribution < 1.29 is 18.9 Å². The molecule has 14 nitrogen and oxygen atoms in total. The number of aliphatic imine (C=N–C) groups is 1. The Kier molecular flexibility index (Phi) is 10.1. The largest absolute Gasteiger partial charge is 0.455 e. The number of hydrogen-bond acceptors (Lipinski definition) is 11. The molecule has 3 aromatic carbocycles. The molecular formula is C33H30ClN9O5. The van der Waals surface area contributed by atoms with Crippen molar-refractivity contribution in [2.24, 2.45) is 10.1 Å². The van der Waals surface area contributed by atoms with Crippen LogP contribution in [0.3, 0.4) is 0 Å². The molecule has 1 amide bonds. The number of nitro groups is 1. The van der Waals surface area contributed by atoms with Gasteiger partial charge >= 0.3 is 0 Å². The van der Waals surface area contributed by atoms with Gasteiger partial charge < -0.3 is 19.4 Å². The van der Waals surface area contributed by atoms with E-state index in [-0.39, 0.29) is 30.3 Å². The van der Waals surface area contributed by atoms with E-state index in [1.807, 2.05) is 42.5 Å². The number of hydrazone groups is 1. The van der Waals surface area contributed by atoms with Crippen molar-refractivity contribution in [2.45, 2.75) is 13.1 Å². The number of para-hydroxylation sites is 1. The number of anilines is 2. The normalized spacial score (nSPS) is 13.5. The summed E-state index contributed by atoms with van der Waals surface area (Å²) in [5.41, 5.74) is 4.70. The zero-order valence-electron chi connectivity index (χ0n) is 25.5. The van der Waals surface area contributed by atoms with Gasteiger partial charge in [0.05, 0.1) is 37.4 Å². The lowest BCUT2D eigenvalue weighted by atomic mass is 10.2. The smallest absolute Gasteiger partial charge is 0.269 e. The maximum absolute atomic E-state index is 13.1. The summed E-state index contributed by atoms with van der Waals surface area (Å²) in [6.07, 6.45) is 1.57. The minimum Gasteiger partial charge on any atom is -0.455 e. The lowest BCUT2D eigenvalue weighted by molar-refractivity contribution is -0.384. The van der Waals surface area contributed by atoms with Crippen molar-refractivity contribution in [3.8, 4) is 0 Å². The highest BCUT2D eigenvalue weighted by atomic mass is 35.5. The summed E-state index contributed by atoms with van der Waals surface area (Å²) in [6.45, 7) is 2.79. The number of ether oxygens (including phenoxy) is 1. The fourth-order valence-corrected chi connectivity index (χ4v) is 4.90. The van der Waals surface area contributed by atoms with Gasteiger partial charge in [0.25, 0.3) is 11.6 Å². The Morgan fingerprint density at radius 3 is 2.54 bits per heavy atom. The molecule has 15 heteroatoms. The van der Waals surface area contributed by atoms with E-state index in [0.717, 1.165) is 16.5 Å². The number of non-ortho nitro benzene ring substituents is 1. The molecule has 48 heavy (non-hydrogen) atoms. The van der Waals surface area contributed by atoms with Crippen molar-refractivity contribution in [1.82, 2.24) is 20.6 Å². The Hall–Kier alpha value is -5.86. The summed E-state index contributed by atoms with van der Waals surface area (Å²) >= 11 is 6.03. The molecule has 0 bridgehead atoms. The number of furan rings is 1. The molecular weight excluding hydrogens is 638 g/mol. The molecule has 6 rings (SSSR count). The number of nitro benzene ring substituents is 1. The van der Waals surface area contributed by atoms with Crippen LogP contribution in [0.5, 0.6) is 0 Å². The molecule has 1 aliphatic rings. The minimum atomic E-state index is -0.527. The third kappa shape index (κ3) is 8.48. The van der Waals surface area contributed by atoms with Gasteiger partial charge in [-0.15, -0.1) is 0 Å². The topological polar surface area (TPSA) is 172 Å². The highest BCUT2D eigenvalue weighted by Crippen LogP contribution is 2.20. The number of carbonyl (C=O) groups is 1. The third-order valence-corrected chi connectivity index (χ3v) is 7.48. The number of fused-ring (bicyclic) bond motifs is 1. The lowest BCUT2D eigenvalue weighted by Crippen LogP contribution is -2.41. The van der Waals surface area contributed by atoms with E-state index >= 15 is 0 Å². The Balaban J connectivity index is 1.21. The number of halogens is 1. The van der Waals surface area contributed by atoms with Gasteiger partial charge in [-0.05, 0) is 42.0 Å². The fourth-order valence-electron chi connectivity index (χ4n) is 4.78. The first-order valence-electron chi connectivity index (χ1n) is 15.0. The predicted molar refractivity (Wildman–Crippen MR) is 182 cm³/mol. The van der Waals surface area contributed by atoms with Gasteiger partial charge in [0.2, 0.25) is 0 Å². The molecule has 244 valence electrons. The number of nitrogens with one attached hydrogen (secondary N) is 3. The number of morpholine rings is 1. The van der Waals surface area contributed by atoms with Gasteiger partial charge in [0, 0.05) is 47.3 Å². The van der Waals surface area contributed by atoms with Crippen molar-refractivity contribution >= 4 is 58.0 Å². The van der Waals surface area contributed by atoms with Crippen LogP contribution in [0.4, 0.5) is 17.3 Å². The van der Waals surface area contributed by atoms with Gasteiger partial charge in [-0.25, -0.2) is 15.0 Å². The van der Waals surface area contributed by atoms with Crippen molar-refractivity contribution in [3.05, 3.63) is 123 Å². The zero-order chi connectivity index (χ0) is 33.3. The molecule has 0 aliphatic carbocycles. The second-order valence-corrected chi connectivity index (χ2v) is 11.0. The van der Waals surface area contributed by atoms with E-state index in [2.05, 4.69) is 36.0 Å². The van der Waals surface area contributed by atoms with Crippen LogP contribution in [-0.4, -0.2) is 59.3 Å². The monoisotopic (exact) mass is 667 g/mol. The highest BCUT2D eigenvalue weighted by molar-refractivity contribution is 6.30. The van der Waals surface area contributed by atoms with Crippen LogP contribution < -0.4 is 21.0 Å². The van der Waals surface area contributed by atoms with Crippen LogP contribution in [0.15, 0.2) is 99.4 Å². The maximum Gasteiger partial charge on any atom is 0.269 e. The van der Waals surface area contributed by atoms with Crippen molar-refractivity contribution in [1.29, 1.82) is 0 Å². The summed E-state index contributed by atoms with van der Waals surface area (Å²) in [4.78, 5) is 39.7. The average Bonchev–Trinajstić information content (AvgIpc) is 3.53. The highest BCUT2D eigenvalue weighted by Gasteiger charge is 2.17. The van der Waals surface area contributed by atoms with E-state index < -0.39 is 10.8 Å². The summed E-state index contributed by atoms with van der Waals surface area (Å²) in [5.74, 6) is 1.78. The first-order valence-corrected chi connectivity index (χ1v) is 15.3. The summed E-state index contributed by atoms with van der Waals surface area (Å²) in [6, 6.07) is 23.9. The molecule has 3 heterocycles. The van der Waals surface area contributed by atoms with Crippen LogP contribution in [0.25, 0.3) is 11.0 Å². The Morgan fingerprint density at radius 1 is 1.02 bits per heavy atom. The molecule has 5 aromatic rings. The molecule has 0 unspecified atom stereocenters. The van der Waals surface area contributed by atoms with Crippen molar-refractivity contribution in [2.75, 3.05) is 36.6 Å². The van der Waals surface area contributed by atoms with E-state index in [1.54, 1.807) is 24.4 Å². The molecule has 0 atom stereocenters. The van der Waals surface area contributed by atoms with E-state index in [1.165, 1.54) is 24.3 Å². The van der Waals surface area contributed by atoms with Crippen LogP contribution in [0, 0.1) is 10.1 Å². The lowest BCUT2D eigenvalue weighted by Gasteiger charge is -2.28. The number of aromatic nitrogens is 2. The van der Waals surface area contributed by atoms with Crippen LogP contribution in [0.1, 0.15) is 27.5 Å². The van der Waals surface area contributed by atoms with Gasteiger partial charge in [0.1, 0.15) is 17.2 Å². The first-order chi connectivity index (χ1) is 23.4. The number of guanidine groups is 1. The van der Waals surface area contributed by atoms with E-state index in [0.29, 0.717) is 54.5 Å². The van der Waals surface area contributed by atoms with Crippen LogP contribution in [0.2, 0.25) is 5.02 Å². The van der Waals surface area contributed by atoms with Crippen LogP contribution in [-0.2, 0) is 17.8 Å². The third-order valence-electron chi connectivity index (χ3n) is 7.23. The average molecular weight is 668 g/mol. The molecule has 0 saturated carbocycles. The number of hydrogen-bond donors (Lipinski definition) is 3. The minimum absolute atomic E-state index is 0.0974. The zero-order valence-corrected chi connectivity index (χ0v) is 26.3. The van der Waals surface area contributed by atoms with E-state index in [4.69, 9.17) is 25.7 Å². The summed E-state index contributed by atoms with van der Waals surface area (Å²) < 4.78 is 11.3. The fraction of sp³-hybridized carbons (Fsp3) is 0.182. The Morgan fingerprint density at radius 2 is 1.79 bits per heavy atom. The van der Waals surface area contributed by atoms with Gasteiger partial charge in [0.15, 0.2) is 17.6 Å². The molecule has 2 aromatic heterocycles. The number of amides is 1. The Labute approximate surface area is 279 Å². The van der Waals surface area contributed by atoms with Gasteiger partial charge in [-0.3, -0.25) is 25.7 Å². The Bertz CT molecular complexity index is 1920. The second-order valence-electron chi connectivity index (χ2n) is 10.6. The SMILES string of the molecule is O=C(NC(=NCc1ccc(Cl)cc1)NCc1nc(N/N=C/c2cc3ccccc3o2)cc(N2CCOCC2)n1)c1ccc([N+](=O)[O-])cc1. The number of benzene rings is 3. The molecule has 3 N–H and O–H groups in total. The molecule has 0 radical (unpaired) electrons. The predicted octanol–water partition coefficient (Wildman–Crippen LogP) is 5.14. The molecule has 1 aliphatic heterocycles. The number of carbonyl (C=O) groups excluding carboxylic acids is 1.